The van der Waals surface area contributed by atoms with Crippen LogP contribution < -0.4 is 14.8 Å². The van der Waals surface area contributed by atoms with E-state index in [-0.39, 0.29) is 29.7 Å². The van der Waals surface area contributed by atoms with Crippen LogP contribution in [0, 0.1) is 17.0 Å². The smallest absolute Gasteiger partial charge is 0.272 e. The van der Waals surface area contributed by atoms with E-state index in [1.165, 1.54) is 18.2 Å². The predicted octanol–water partition coefficient (Wildman–Crippen LogP) is 3.01. The molecule has 1 aliphatic heterocycles. The lowest BCUT2D eigenvalue weighted by molar-refractivity contribution is -0.385. The van der Waals surface area contributed by atoms with E-state index in [1.807, 2.05) is 12.1 Å². The van der Waals surface area contributed by atoms with Gasteiger partial charge in [0.2, 0.25) is 5.91 Å². The molecule has 1 aliphatic rings. The SMILES string of the molecule is COc1ccc(OC)c([C@H]2CCCN2C(=O)CNC(=O)c2ccc([N+](=O)[O-])c(C)c2)c1. The molecule has 3 rings (SSSR count). The van der Waals surface area contributed by atoms with Gasteiger partial charge in [0.15, 0.2) is 0 Å². The Hall–Kier alpha value is -3.62. The van der Waals surface area contributed by atoms with E-state index < -0.39 is 10.8 Å². The lowest BCUT2D eigenvalue weighted by Crippen LogP contribution is -2.40. The minimum Gasteiger partial charge on any atom is -0.497 e. The zero-order chi connectivity index (χ0) is 22.5. The molecular formula is C22H25N3O6. The van der Waals surface area contributed by atoms with Gasteiger partial charge >= 0.3 is 0 Å². The van der Waals surface area contributed by atoms with Gasteiger partial charge in [-0.3, -0.25) is 19.7 Å². The number of carbonyl (C=O) groups is 2. The maximum atomic E-state index is 12.9. The van der Waals surface area contributed by atoms with Crippen LogP contribution in [0.2, 0.25) is 0 Å². The van der Waals surface area contributed by atoms with Crippen LogP contribution in [0.5, 0.6) is 11.5 Å². The molecule has 2 amide bonds. The highest BCUT2D eigenvalue weighted by Crippen LogP contribution is 2.38. The fourth-order valence-corrected chi connectivity index (χ4v) is 3.85. The van der Waals surface area contributed by atoms with Crippen molar-refractivity contribution in [2.45, 2.75) is 25.8 Å². The summed E-state index contributed by atoms with van der Waals surface area (Å²) in [6.07, 6.45) is 1.62. The zero-order valence-electron chi connectivity index (χ0n) is 17.7. The summed E-state index contributed by atoms with van der Waals surface area (Å²) >= 11 is 0. The zero-order valence-corrected chi connectivity index (χ0v) is 17.7. The topological polar surface area (TPSA) is 111 Å². The van der Waals surface area contributed by atoms with Gasteiger partial charge in [0.1, 0.15) is 11.5 Å². The first kappa shape index (κ1) is 22.1. The fraction of sp³-hybridized carbons (Fsp3) is 0.364. The third-order valence-corrected chi connectivity index (χ3v) is 5.42. The molecule has 0 saturated carbocycles. The number of aryl methyl sites for hydroxylation is 1. The summed E-state index contributed by atoms with van der Waals surface area (Å²) in [5, 5.41) is 13.6. The number of hydrogen-bond donors (Lipinski definition) is 1. The number of likely N-dealkylation sites (tertiary alicyclic amines) is 1. The second-order valence-corrected chi connectivity index (χ2v) is 7.29. The Morgan fingerprint density at radius 1 is 1.19 bits per heavy atom. The van der Waals surface area contributed by atoms with Crippen LogP contribution in [-0.2, 0) is 4.79 Å². The Morgan fingerprint density at radius 3 is 2.61 bits per heavy atom. The molecule has 0 unspecified atom stereocenters. The summed E-state index contributed by atoms with van der Waals surface area (Å²) in [6.45, 7) is 1.98. The Morgan fingerprint density at radius 2 is 1.97 bits per heavy atom. The molecule has 31 heavy (non-hydrogen) atoms. The van der Waals surface area contributed by atoms with Crippen molar-refractivity contribution in [2.75, 3.05) is 27.3 Å². The van der Waals surface area contributed by atoms with Crippen LogP contribution in [0.1, 0.15) is 40.4 Å². The Kier molecular flexibility index (Phi) is 6.74. The molecule has 2 aromatic rings. The summed E-state index contributed by atoms with van der Waals surface area (Å²) in [6, 6.07) is 9.42. The van der Waals surface area contributed by atoms with E-state index in [2.05, 4.69) is 5.32 Å². The lowest BCUT2D eigenvalue weighted by Gasteiger charge is -2.27. The van der Waals surface area contributed by atoms with Crippen molar-refractivity contribution in [3.8, 4) is 11.5 Å². The average molecular weight is 427 g/mol. The van der Waals surface area contributed by atoms with Crippen LogP contribution in [-0.4, -0.2) is 48.9 Å². The maximum absolute atomic E-state index is 12.9. The third-order valence-electron chi connectivity index (χ3n) is 5.42. The summed E-state index contributed by atoms with van der Waals surface area (Å²) in [5.74, 6) is 0.688. The van der Waals surface area contributed by atoms with Gasteiger partial charge in [0, 0.05) is 29.3 Å². The number of nitrogens with zero attached hydrogens (tertiary/aromatic N) is 2. The van der Waals surface area contributed by atoms with Crippen molar-refractivity contribution < 1.29 is 24.0 Å². The first-order valence-electron chi connectivity index (χ1n) is 9.90. The highest BCUT2D eigenvalue weighted by molar-refractivity contribution is 5.97. The van der Waals surface area contributed by atoms with Crippen molar-refractivity contribution in [1.29, 1.82) is 0 Å². The van der Waals surface area contributed by atoms with Crippen molar-refractivity contribution >= 4 is 17.5 Å². The molecule has 9 heteroatoms. The van der Waals surface area contributed by atoms with Gasteiger partial charge in [-0.1, -0.05) is 0 Å². The molecule has 1 N–H and O–H groups in total. The van der Waals surface area contributed by atoms with Gasteiger partial charge in [-0.25, -0.2) is 0 Å². The minimum atomic E-state index is -0.499. The Bertz CT molecular complexity index is 1010. The molecule has 0 aliphatic carbocycles. The molecule has 1 heterocycles. The second kappa shape index (κ2) is 9.46. The first-order chi connectivity index (χ1) is 14.8. The van der Waals surface area contributed by atoms with Gasteiger partial charge in [0.05, 0.1) is 31.7 Å². The standard InChI is InChI=1S/C22H25N3O6/c1-14-11-15(6-8-18(14)25(28)29)22(27)23-13-21(26)24-10-4-5-19(24)17-12-16(30-2)7-9-20(17)31-3/h6-9,11-12,19H,4-5,10,13H2,1-3H3,(H,23,27)/t19-/m1/s1. The van der Waals surface area contributed by atoms with E-state index >= 15 is 0 Å². The summed E-state index contributed by atoms with van der Waals surface area (Å²) < 4.78 is 10.8. The van der Waals surface area contributed by atoms with Crippen LogP contribution in [0.4, 0.5) is 5.69 Å². The molecular weight excluding hydrogens is 402 g/mol. The molecule has 2 aromatic carbocycles. The number of ether oxygens (including phenoxy) is 2. The molecule has 164 valence electrons. The van der Waals surface area contributed by atoms with Crippen molar-refractivity contribution in [3.63, 3.8) is 0 Å². The molecule has 1 saturated heterocycles. The first-order valence-corrected chi connectivity index (χ1v) is 9.90. The van der Waals surface area contributed by atoms with Crippen LogP contribution in [0.25, 0.3) is 0 Å². The lowest BCUT2D eigenvalue weighted by atomic mass is 10.0. The highest BCUT2D eigenvalue weighted by atomic mass is 16.6. The molecule has 1 fully saturated rings. The minimum absolute atomic E-state index is 0.0558. The van der Waals surface area contributed by atoms with Gasteiger partial charge in [-0.05, 0) is 50.1 Å². The number of nitro benzene ring substituents is 1. The van der Waals surface area contributed by atoms with Gasteiger partial charge in [0.25, 0.3) is 11.6 Å². The quantitative estimate of drug-likeness (QED) is 0.537. The number of methoxy groups -OCH3 is 2. The summed E-state index contributed by atoms with van der Waals surface area (Å²) in [5.41, 5.74) is 1.46. The van der Waals surface area contributed by atoms with Crippen LogP contribution >= 0.6 is 0 Å². The van der Waals surface area contributed by atoms with Gasteiger partial charge in [-0.2, -0.15) is 0 Å². The van der Waals surface area contributed by atoms with E-state index in [0.29, 0.717) is 23.6 Å². The second-order valence-electron chi connectivity index (χ2n) is 7.29. The molecule has 0 spiro atoms. The molecule has 0 bridgehead atoms. The van der Waals surface area contributed by atoms with Gasteiger partial charge < -0.3 is 19.7 Å². The van der Waals surface area contributed by atoms with Crippen molar-refractivity contribution in [2.24, 2.45) is 0 Å². The number of hydrogen-bond acceptors (Lipinski definition) is 6. The number of nitrogens with one attached hydrogen (secondary N) is 1. The maximum Gasteiger partial charge on any atom is 0.272 e. The third kappa shape index (κ3) is 4.76. The van der Waals surface area contributed by atoms with E-state index in [9.17, 15) is 19.7 Å². The van der Waals surface area contributed by atoms with E-state index in [4.69, 9.17) is 9.47 Å². The molecule has 1 atom stereocenters. The van der Waals surface area contributed by atoms with Crippen molar-refractivity contribution in [1.82, 2.24) is 10.2 Å². The van der Waals surface area contributed by atoms with Crippen LogP contribution in [0.15, 0.2) is 36.4 Å². The highest BCUT2D eigenvalue weighted by Gasteiger charge is 2.32. The normalized spacial score (nSPS) is 15.5. The summed E-state index contributed by atoms with van der Waals surface area (Å²) in [7, 11) is 3.16. The van der Waals surface area contributed by atoms with Gasteiger partial charge in [-0.15, -0.1) is 0 Å². The number of rotatable bonds is 7. The van der Waals surface area contributed by atoms with Crippen LogP contribution in [0.3, 0.4) is 0 Å². The Labute approximate surface area is 180 Å². The molecule has 0 aromatic heterocycles. The van der Waals surface area contributed by atoms with Crippen molar-refractivity contribution in [3.05, 3.63) is 63.2 Å². The number of nitro groups is 1. The fourth-order valence-electron chi connectivity index (χ4n) is 3.85. The predicted molar refractivity (Wildman–Crippen MR) is 113 cm³/mol. The number of amides is 2. The molecule has 0 radical (unpaired) electrons. The van der Waals surface area contributed by atoms with E-state index in [0.717, 1.165) is 18.4 Å². The average Bonchev–Trinajstić information content (AvgIpc) is 3.26. The largest absolute Gasteiger partial charge is 0.497 e. The number of benzene rings is 2. The monoisotopic (exact) mass is 427 g/mol. The summed E-state index contributed by atoms with van der Waals surface area (Å²) in [4.78, 5) is 37.5. The van der Waals surface area contributed by atoms with E-state index in [1.54, 1.807) is 32.1 Å². The Balaban J connectivity index is 1.70. The number of carbonyl (C=O) groups excluding carboxylic acids is 2. The molecule has 9 nitrogen and oxygen atoms in total.